The van der Waals surface area contributed by atoms with Gasteiger partial charge in [-0.1, -0.05) is 29.8 Å². The molecule has 29 heavy (non-hydrogen) atoms. The number of benzene rings is 2. The molecule has 1 N–H and O–H groups in total. The molecule has 0 bridgehead atoms. The number of rotatable bonds is 4. The summed E-state index contributed by atoms with van der Waals surface area (Å²) in [4.78, 5) is 11.2. The standard InChI is InChI=1S/C21H19ClN6O/c22-18-14-23-21(26-20(18)28-19-4-2-1-3-15(19)13-24-28)25-16-5-7-17(8-6-16)27-9-11-29-12-10-27/h1-8,13-14H,9-12H2,(H,23,25,26). The van der Waals surface area contributed by atoms with Crippen LogP contribution in [-0.4, -0.2) is 46.1 Å². The number of fused-ring (bicyclic) bond motifs is 1. The van der Waals surface area contributed by atoms with Crippen LogP contribution >= 0.6 is 11.6 Å². The Hall–Kier alpha value is -3.16. The van der Waals surface area contributed by atoms with Gasteiger partial charge in [0.25, 0.3) is 0 Å². The highest BCUT2D eigenvalue weighted by Gasteiger charge is 2.13. The number of anilines is 3. The smallest absolute Gasteiger partial charge is 0.229 e. The maximum atomic E-state index is 6.37. The highest BCUT2D eigenvalue weighted by Crippen LogP contribution is 2.25. The Morgan fingerprint density at radius 3 is 2.59 bits per heavy atom. The minimum atomic E-state index is 0.437. The molecule has 3 heterocycles. The van der Waals surface area contributed by atoms with Gasteiger partial charge in [-0.05, 0) is 30.3 Å². The summed E-state index contributed by atoms with van der Waals surface area (Å²) in [6.45, 7) is 3.36. The van der Waals surface area contributed by atoms with Crippen LogP contribution in [0.5, 0.6) is 0 Å². The van der Waals surface area contributed by atoms with Crippen molar-refractivity contribution in [1.82, 2.24) is 19.7 Å². The first-order valence-corrected chi connectivity index (χ1v) is 9.81. The van der Waals surface area contributed by atoms with Crippen molar-refractivity contribution >= 4 is 39.8 Å². The average molecular weight is 407 g/mol. The van der Waals surface area contributed by atoms with Crippen LogP contribution in [0.15, 0.2) is 60.9 Å². The highest BCUT2D eigenvalue weighted by molar-refractivity contribution is 6.32. The van der Waals surface area contributed by atoms with Crippen LogP contribution in [0.25, 0.3) is 16.7 Å². The lowest BCUT2D eigenvalue weighted by atomic mass is 10.2. The SMILES string of the molecule is Clc1cnc(Nc2ccc(N3CCOCC3)cc2)nc1-n1ncc2ccccc21. The number of hydrogen-bond donors (Lipinski definition) is 1. The Labute approximate surface area is 172 Å². The maximum Gasteiger partial charge on any atom is 0.229 e. The van der Waals surface area contributed by atoms with Gasteiger partial charge in [0.1, 0.15) is 5.02 Å². The Bertz CT molecular complexity index is 1140. The summed E-state index contributed by atoms with van der Waals surface area (Å²) in [5.74, 6) is 0.999. The second-order valence-electron chi connectivity index (χ2n) is 6.75. The van der Waals surface area contributed by atoms with Gasteiger partial charge in [-0.15, -0.1) is 0 Å². The van der Waals surface area contributed by atoms with E-state index in [2.05, 4.69) is 37.4 Å². The topological polar surface area (TPSA) is 68.1 Å². The molecule has 1 aliphatic rings. The van der Waals surface area contributed by atoms with E-state index in [1.54, 1.807) is 17.1 Å². The molecule has 5 rings (SSSR count). The molecule has 1 saturated heterocycles. The molecule has 0 unspecified atom stereocenters. The van der Waals surface area contributed by atoms with Crippen LogP contribution in [0, 0.1) is 0 Å². The summed E-state index contributed by atoms with van der Waals surface area (Å²) in [5, 5.41) is 9.14. The Balaban J connectivity index is 1.40. The summed E-state index contributed by atoms with van der Waals surface area (Å²) in [5.41, 5.74) is 3.02. The predicted molar refractivity (Wildman–Crippen MR) is 114 cm³/mol. The zero-order valence-electron chi connectivity index (χ0n) is 15.6. The van der Waals surface area contributed by atoms with Crippen molar-refractivity contribution in [2.45, 2.75) is 0 Å². The van der Waals surface area contributed by atoms with Crippen molar-refractivity contribution in [3.05, 3.63) is 65.9 Å². The van der Waals surface area contributed by atoms with Crippen molar-refractivity contribution in [2.75, 3.05) is 36.5 Å². The zero-order chi connectivity index (χ0) is 19.6. The fourth-order valence-electron chi connectivity index (χ4n) is 3.41. The number of aromatic nitrogens is 4. The van der Waals surface area contributed by atoms with Crippen molar-refractivity contribution < 1.29 is 4.74 Å². The second-order valence-corrected chi connectivity index (χ2v) is 7.16. The van der Waals surface area contributed by atoms with Crippen LogP contribution in [0.3, 0.4) is 0 Å². The molecule has 7 nitrogen and oxygen atoms in total. The molecule has 0 spiro atoms. The van der Waals surface area contributed by atoms with Crippen molar-refractivity contribution in [3.8, 4) is 5.82 Å². The number of ether oxygens (including phenoxy) is 1. The first kappa shape index (κ1) is 17.9. The first-order chi connectivity index (χ1) is 14.3. The lowest BCUT2D eigenvalue weighted by molar-refractivity contribution is 0.122. The van der Waals surface area contributed by atoms with E-state index < -0.39 is 0 Å². The Morgan fingerprint density at radius 2 is 1.76 bits per heavy atom. The van der Waals surface area contributed by atoms with Gasteiger partial charge < -0.3 is 15.0 Å². The monoisotopic (exact) mass is 406 g/mol. The second kappa shape index (κ2) is 7.69. The molecule has 2 aromatic heterocycles. The Kier molecular flexibility index (Phi) is 4.75. The number of nitrogens with one attached hydrogen (secondary N) is 1. The Morgan fingerprint density at radius 1 is 0.966 bits per heavy atom. The summed E-state index contributed by atoms with van der Waals surface area (Å²) in [7, 11) is 0. The normalized spacial score (nSPS) is 14.3. The van der Waals surface area contributed by atoms with Crippen molar-refractivity contribution in [1.29, 1.82) is 0 Å². The highest BCUT2D eigenvalue weighted by atomic mass is 35.5. The van der Waals surface area contributed by atoms with E-state index in [4.69, 9.17) is 16.3 Å². The van der Waals surface area contributed by atoms with Crippen LogP contribution < -0.4 is 10.2 Å². The minimum Gasteiger partial charge on any atom is -0.378 e. The van der Waals surface area contributed by atoms with Crippen molar-refractivity contribution in [3.63, 3.8) is 0 Å². The molecule has 1 aliphatic heterocycles. The van der Waals surface area contributed by atoms with Gasteiger partial charge in [0.2, 0.25) is 5.95 Å². The molecule has 2 aromatic carbocycles. The quantitative estimate of drug-likeness (QED) is 0.551. The lowest BCUT2D eigenvalue weighted by Crippen LogP contribution is -2.36. The van der Waals surface area contributed by atoms with E-state index in [1.807, 2.05) is 36.4 Å². The number of morpholine rings is 1. The third-order valence-corrected chi connectivity index (χ3v) is 5.17. The van der Waals surface area contributed by atoms with E-state index in [0.29, 0.717) is 16.8 Å². The van der Waals surface area contributed by atoms with Gasteiger partial charge in [-0.25, -0.2) is 9.67 Å². The third kappa shape index (κ3) is 3.62. The van der Waals surface area contributed by atoms with Crippen LogP contribution in [0.4, 0.5) is 17.3 Å². The molecule has 0 amide bonds. The predicted octanol–water partition coefficient (Wildman–Crippen LogP) is 4.05. The van der Waals surface area contributed by atoms with E-state index in [0.717, 1.165) is 42.9 Å². The molecule has 0 atom stereocenters. The molecule has 0 saturated carbocycles. The van der Waals surface area contributed by atoms with E-state index >= 15 is 0 Å². The van der Waals surface area contributed by atoms with Crippen LogP contribution in [0.2, 0.25) is 5.02 Å². The largest absolute Gasteiger partial charge is 0.378 e. The minimum absolute atomic E-state index is 0.437. The maximum absolute atomic E-state index is 6.37. The summed E-state index contributed by atoms with van der Waals surface area (Å²) in [6.07, 6.45) is 3.38. The fourth-order valence-corrected chi connectivity index (χ4v) is 3.58. The lowest BCUT2D eigenvalue weighted by Gasteiger charge is -2.28. The number of hydrogen-bond acceptors (Lipinski definition) is 6. The first-order valence-electron chi connectivity index (χ1n) is 9.43. The summed E-state index contributed by atoms with van der Waals surface area (Å²) >= 11 is 6.37. The molecular weight excluding hydrogens is 388 g/mol. The molecule has 8 heteroatoms. The van der Waals surface area contributed by atoms with Crippen molar-refractivity contribution in [2.24, 2.45) is 0 Å². The van der Waals surface area contributed by atoms with E-state index in [-0.39, 0.29) is 0 Å². The van der Waals surface area contributed by atoms with Gasteiger partial charge >= 0.3 is 0 Å². The zero-order valence-corrected chi connectivity index (χ0v) is 16.4. The van der Waals surface area contributed by atoms with Gasteiger partial charge in [-0.2, -0.15) is 10.1 Å². The van der Waals surface area contributed by atoms with Gasteiger partial charge in [-0.3, -0.25) is 0 Å². The van der Waals surface area contributed by atoms with Gasteiger partial charge in [0.05, 0.1) is 31.1 Å². The molecular formula is C21H19ClN6O. The third-order valence-electron chi connectivity index (χ3n) is 4.90. The summed E-state index contributed by atoms with van der Waals surface area (Å²) in [6, 6.07) is 16.1. The van der Waals surface area contributed by atoms with Gasteiger partial charge in [0, 0.05) is 29.9 Å². The van der Waals surface area contributed by atoms with E-state index in [9.17, 15) is 0 Å². The molecule has 0 radical (unpaired) electrons. The van der Waals surface area contributed by atoms with Crippen LogP contribution in [0.1, 0.15) is 0 Å². The van der Waals surface area contributed by atoms with Crippen LogP contribution in [-0.2, 0) is 4.74 Å². The molecule has 146 valence electrons. The number of halogens is 1. The average Bonchev–Trinajstić information content (AvgIpc) is 3.20. The summed E-state index contributed by atoms with van der Waals surface area (Å²) < 4.78 is 7.14. The molecule has 4 aromatic rings. The van der Waals surface area contributed by atoms with Gasteiger partial charge in [0.15, 0.2) is 5.82 Å². The van der Waals surface area contributed by atoms with E-state index in [1.165, 1.54) is 5.69 Å². The molecule has 0 aliphatic carbocycles. The number of para-hydroxylation sites is 1. The molecule has 1 fully saturated rings. The number of nitrogens with zero attached hydrogens (tertiary/aromatic N) is 5. The fraction of sp³-hybridized carbons (Fsp3) is 0.190.